The molecule has 0 aromatic carbocycles. The van der Waals surface area contributed by atoms with E-state index in [0.29, 0.717) is 16.5 Å². The highest BCUT2D eigenvalue weighted by Gasteiger charge is 2.10. The maximum absolute atomic E-state index is 12.0. The molecule has 6 heteroatoms. The predicted molar refractivity (Wildman–Crippen MR) is 73.3 cm³/mol. The number of thiazole rings is 1. The standard InChI is InChI=1S/C12H14N4OS/c1-7-4-9(5-10(13-3)15-7)11(17)16-12-14-6-8(2)18-12/h4-6H,1-3H3,(H,13,15)(H,14,16,17). The van der Waals surface area contributed by atoms with Crippen LogP contribution in [0.1, 0.15) is 20.9 Å². The van der Waals surface area contributed by atoms with Crippen molar-refractivity contribution in [3.05, 3.63) is 34.5 Å². The van der Waals surface area contributed by atoms with E-state index in [9.17, 15) is 4.79 Å². The Morgan fingerprint density at radius 1 is 1.33 bits per heavy atom. The molecule has 94 valence electrons. The Hall–Kier alpha value is -1.95. The molecule has 0 aliphatic rings. The second-order valence-corrected chi connectivity index (χ2v) is 5.10. The zero-order valence-electron chi connectivity index (χ0n) is 10.4. The van der Waals surface area contributed by atoms with Crippen molar-refractivity contribution >= 4 is 28.2 Å². The fourth-order valence-corrected chi connectivity index (χ4v) is 2.17. The van der Waals surface area contributed by atoms with Crippen LogP contribution in [0.15, 0.2) is 18.3 Å². The largest absolute Gasteiger partial charge is 0.373 e. The van der Waals surface area contributed by atoms with Gasteiger partial charge in [-0.1, -0.05) is 0 Å². The maximum Gasteiger partial charge on any atom is 0.257 e. The van der Waals surface area contributed by atoms with Crippen molar-refractivity contribution in [2.45, 2.75) is 13.8 Å². The lowest BCUT2D eigenvalue weighted by Gasteiger charge is -2.06. The van der Waals surface area contributed by atoms with Gasteiger partial charge in [0.25, 0.3) is 5.91 Å². The second-order valence-electron chi connectivity index (χ2n) is 3.86. The first-order chi connectivity index (χ1) is 8.58. The lowest BCUT2D eigenvalue weighted by molar-refractivity contribution is 0.102. The first kappa shape index (κ1) is 12.5. The van der Waals surface area contributed by atoms with Gasteiger partial charge in [-0.05, 0) is 26.0 Å². The van der Waals surface area contributed by atoms with Crippen LogP contribution in [0.3, 0.4) is 0 Å². The molecule has 1 amide bonds. The molecule has 0 saturated carbocycles. The van der Waals surface area contributed by atoms with Crippen molar-refractivity contribution in [2.75, 3.05) is 17.7 Å². The fourth-order valence-electron chi connectivity index (χ4n) is 1.51. The summed E-state index contributed by atoms with van der Waals surface area (Å²) in [6, 6.07) is 3.46. The predicted octanol–water partition coefficient (Wildman–Crippen LogP) is 2.45. The van der Waals surface area contributed by atoms with Crippen LogP contribution in [0.5, 0.6) is 0 Å². The van der Waals surface area contributed by atoms with E-state index >= 15 is 0 Å². The molecule has 2 aromatic rings. The van der Waals surface area contributed by atoms with Crippen LogP contribution >= 0.6 is 11.3 Å². The summed E-state index contributed by atoms with van der Waals surface area (Å²) in [6.07, 6.45) is 1.73. The Kier molecular flexibility index (Phi) is 3.57. The highest BCUT2D eigenvalue weighted by molar-refractivity contribution is 7.15. The summed E-state index contributed by atoms with van der Waals surface area (Å²) in [5, 5.41) is 6.31. The van der Waals surface area contributed by atoms with Gasteiger partial charge in [0, 0.05) is 29.4 Å². The van der Waals surface area contributed by atoms with E-state index in [1.54, 1.807) is 25.4 Å². The highest BCUT2D eigenvalue weighted by atomic mass is 32.1. The number of carbonyl (C=O) groups is 1. The minimum Gasteiger partial charge on any atom is -0.373 e. The number of aromatic nitrogens is 2. The average Bonchev–Trinajstić information content (AvgIpc) is 2.73. The first-order valence-corrected chi connectivity index (χ1v) is 6.30. The monoisotopic (exact) mass is 262 g/mol. The number of pyridine rings is 1. The molecular weight excluding hydrogens is 248 g/mol. The molecule has 0 spiro atoms. The van der Waals surface area contributed by atoms with E-state index < -0.39 is 0 Å². The number of carbonyl (C=O) groups excluding carboxylic acids is 1. The average molecular weight is 262 g/mol. The number of anilines is 2. The van der Waals surface area contributed by atoms with Crippen molar-refractivity contribution in [2.24, 2.45) is 0 Å². The summed E-state index contributed by atoms with van der Waals surface area (Å²) in [4.78, 5) is 21.4. The summed E-state index contributed by atoms with van der Waals surface area (Å²) in [6.45, 7) is 3.80. The number of rotatable bonds is 3. The van der Waals surface area contributed by atoms with Gasteiger partial charge in [-0.3, -0.25) is 10.1 Å². The molecule has 0 fully saturated rings. The summed E-state index contributed by atoms with van der Waals surface area (Å²) in [5.41, 5.74) is 1.36. The van der Waals surface area contributed by atoms with Crippen LogP contribution in [-0.4, -0.2) is 22.9 Å². The Morgan fingerprint density at radius 3 is 2.72 bits per heavy atom. The summed E-state index contributed by atoms with van der Waals surface area (Å²) in [7, 11) is 1.77. The molecule has 0 radical (unpaired) electrons. The van der Waals surface area contributed by atoms with Crippen LogP contribution in [0.25, 0.3) is 0 Å². The number of nitrogens with zero attached hydrogens (tertiary/aromatic N) is 2. The van der Waals surface area contributed by atoms with Gasteiger partial charge in [-0.2, -0.15) is 0 Å². The maximum atomic E-state index is 12.0. The SMILES string of the molecule is CNc1cc(C(=O)Nc2ncc(C)s2)cc(C)n1. The summed E-state index contributed by atoms with van der Waals surface area (Å²) >= 11 is 1.45. The minimum atomic E-state index is -0.175. The number of hydrogen-bond acceptors (Lipinski definition) is 5. The third kappa shape index (κ3) is 2.84. The fraction of sp³-hybridized carbons (Fsp3) is 0.250. The molecular formula is C12H14N4OS. The molecule has 2 aromatic heterocycles. The van der Waals surface area contributed by atoms with Gasteiger partial charge in [0.1, 0.15) is 5.82 Å². The Balaban J connectivity index is 2.20. The summed E-state index contributed by atoms with van der Waals surface area (Å²) in [5.74, 6) is 0.502. The van der Waals surface area contributed by atoms with Gasteiger partial charge in [-0.25, -0.2) is 9.97 Å². The Morgan fingerprint density at radius 2 is 2.11 bits per heavy atom. The van der Waals surface area contributed by atoms with E-state index in [0.717, 1.165) is 10.6 Å². The lowest BCUT2D eigenvalue weighted by Crippen LogP contribution is -2.12. The molecule has 0 aliphatic carbocycles. The van der Waals surface area contributed by atoms with Gasteiger partial charge >= 0.3 is 0 Å². The zero-order chi connectivity index (χ0) is 13.1. The van der Waals surface area contributed by atoms with Gasteiger partial charge in [0.05, 0.1) is 0 Å². The number of hydrogen-bond donors (Lipinski definition) is 2. The molecule has 0 atom stereocenters. The first-order valence-electron chi connectivity index (χ1n) is 5.48. The van der Waals surface area contributed by atoms with Crippen LogP contribution in [0, 0.1) is 13.8 Å². The van der Waals surface area contributed by atoms with Crippen LogP contribution in [0.2, 0.25) is 0 Å². The van der Waals surface area contributed by atoms with Crippen LogP contribution < -0.4 is 10.6 Å². The smallest absolute Gasteiger partial charge is 0.257 e. The molecule has 0 aliphatic heterocycles. The van der Waals surface area contributed by atoms with E-state index in [2.05, 4.69) is 20.6 Å². The second kappa shape index (κ2) is 5.14. The number of nitrogens with one attached hydrogen (secondary N) is 2. The number of amides is 1. The normalized spacial score (nSPS) is 10.2. The molecule has 18 heavy (non-hydrogen) atoms. The molecule has 2 rings (SSSR count). The minimum absolute atomic E-state index is 0.175. The molecule has 5 nitrogen and oxygen atoms in total. The topological polar surface area (TPSA) is 66.9 Å². The van der Waals surface area contributed by atoms with E-state index in [1.807, 2.05) is 13.8 Å². The van der Waals surface area contributed by atoms with Gasteiger partial charge in [0.2, 0.25) is 0 Å². The van der Waals surface area contributed by atoms with Gasteiger partial charge in [-0.15, -0.1) is 11.3 Å². The van der Waals surface area contributed by atoms with Crippen molar-refractivity contribution in [1.29, 1.82) is 0 Å². The Bertz CT molecular complexity index is 579. The van der Waals surface area contributed by atoms with Gasteiger partial charge in [0.15, 0.2) is 5.13 Å². The quantitative estimate of drug-likeness (QED) is 0.891. The third-order valence-electron chi connectivity index (χ3n) is 2.31. The van der Waals surface area contributed by atoms with Crippen molar-refractivity contribution < 1.29 is 4.79 Å². The van der Waals surface area contributed by atoms with E-state index in [-0.39, 0.29) is 5.91 Å². The zero-order valence-corrected chi connectivity index (χ0v) is 11.3. The van der Waals surface area contributed by atoms with Crippen molar-refractivity contribution in [3.8, 4) is 0 Å². The molecule has 2 heterocycles. The molecule has 0 unspecified atom stereocenters. The molecule has 0 saturated heterocycles. The van der Waals surface area contributed by atoms with Gasteiger partial charge < -0.3 is 5.32 Å². The number of aryl methyl sites for hydroxylation is 2. The molecule has 2 N–H and O–H groups in total. The molecule has 0 bridgehead atoms. The Labute approximate surface area is 109 Å². The summed E-state index contributed by atoms with van der Waals surface area (Å²) < 4.78 is 0. The third-order valence-corrected chi connectivity index (χ3v) is 3.14. The lowest BCUT2D eigenvalue weighted by atomic mass is 10.2. The van der Waals surface area contributed by atoms with Crippen molar-refractivity contribution in [3.63, 3.8) is 0 Å². The van der Waals surface area contributed by atoms with Crippen LogP contribution in [-0.2, 0) is 0 Å². The van der Waals surface area contributed by atoms with E-state index in [1.165, 1.54) is 11.3 Å². The highest BCUT2D eigenvalue weighted by Crippen LogP contribution is 2.18. The van der Waals surface area contributed by atoms with E-state index in [4.69, 9.17) is 0 Å². The van der Waals surface area contributed by atoms with Crippen molar-refractivity contribution in [1.82, 2.24) is 9.97 Å². The van der Waals surface area contributed by atoms with Crippen LogP contribution in [0.4, 0.5) is 10.9 Å².